The molecule has 1 aliphatic heterocycles. The number of furan rings is 1. The molecule has 1 N–H and O–H groups in total. The largest absolute Gasteiger partial charge is 0.479 e. The predicted octanol–water partition coefficient (Wildman–Crippen LogP) is 5.75. The molecule has 3 aromatic heterocycles. The summed E-state index contributed by atoms with van der Waals surface area (Å²) in [6.45, 7) is 7.28. The third-order valence-electron chi connectivity index (χ3n) is 7.32. The van der Waals surface area contributed by atoms with Gasteiger partial charge in [0, 0.05) is 21.6 Å². The highest BCUT2D eigenvalue weighted by molar-refractivity contribution is 7.10. The van der Waals surface area contributed by atoms with Gasteiger partial charge in [-0.25, -0.2) is 4.79 Å². The van der Waals surface area contributed by atoms with Crippen LogP contribution in [0.5, 0.6) is 0 Å². The molecule has 6 nitrogen and oxygen atoms in total. The molecule has 0 spiro atoms. The zero-order valence-corrected chi connectivity index (χ0v) is 21.2. The summed E-state index contributed by atoms with van der Waals surface area (Å²) in [6.07, 6.45) is 1.50. The first kappa shape index (κ1) is 23.1. The van der Waals surface area contributed by atoms with Gasteiger partial charge in [0.1, 0.15) is 11.3 Å². The van der Waals surface area contributed by atoms with Crippen molar-refractivity contribution in [1.29, 1.82) is 0 Å². The van der Waals surface area contributed by atoms with E-state index in [9.17, 15) is 19.5 Å². The van der Waals surface area contributed by atoms with Crippen LogP contribution in [0.25, 0.3) is 0 Å². The van der Waals surface area contributed by atoms with E-state index in [0.717, 1.165) is 33.7 Å². The van der Waals surface area contributed by atoms with E-state index in [1.807, 2.05) is 36.7 Å². The summed E-state index contributed by atoms with van der Waals surface area (Å²) in [7, 11) is 0. The van der Waals surface area contributed by atoms with Crippen molar-refractivity contribution in [3.8, 4) is 0 Å². The number of aryl methyl sites for hydroxylation is 3. The fourth-order valence-corrected chi connectivity index (χ4v) is 7.64. The molecule has 8 heteroatoms. The molecule has 0 bridgehead atoms. The molecule has 0 aromatic carbocycles. The Morgan fingerprint density at radius 1 is 1.00 bits per heavy atom. The molecular formula is C26H27NO5S2. The Kier molecular flexibility index (Phi) is 5.56. The molecule has 5 rings (SSSR count). The van der Waals surface area contributed by atoms with Crippen molar-refractivity contribution < 1.29 is 23.9 Å². The SMILES string of the molecule is Cc1ccc(C(=O)C2C(c3sccc3C)N(C(=O)C3CC3)C(C)(C(=O)O)C2c2sccc2C)o1. The number of amides is 1. The predicted molar refractivity (Wildman–Crippen MR) is 130 cm³/mol. The monoisotopic (exact) mass is 497 g/mol. The number of ketones is 1. The van der Waals surface area contributed by atoms with Crippen molar-refractivity contribution in [3.05, 3.63) is 67.4 Å². The molecule has 2 aliphatic rings. The van der Waals surface area contributed by atoms with E-state index >= 15 is 0 Å². The van der Waals surface area contributed by atoms with Crippen molar-refractivity contribution >= 4 is 40.3 Å². The van der Waals surface area contributed by atoms with Crippen LogP contribution in [-0.2, 0) is 9.59 Å². The number of aliphatic carboxylic acids is 1. The molecule has 4 atom stereocenters. The van der Waals surface area contributed by atoms with Gasteiger partial charge in [-0.05, 0) is 86.7 Å². The maximum Gasteiger partial charge on any atom is 0.330 e. The van der Waals surface area contributed by atoms with E-state index < -0.39 is 29.4 Å². The number of carbonyl (C=O) groups excluding carboxylic acids is 2. The summed E-state index contributed by atoms with van der Waals surface area (Å²) in [5.74, 6) is -2.40. The van der Waals surface area contributed by atoms with Crippen LogP contribution >= 0.6 is 22.7 Å². The molecular weight excluding hydrogens is 470 g/mol. The number of hydrogen-bond donors (Lipinski definition) is 1. The topological polar surface area (TPSA) is 87.8 Å². The van der Waals surface area contributed by atoms with Gasteiger partial charge in [0.05, 0.1) is 12.0 Å². The number of hydrogen-bond acceptors (Lipinski definition) is 6. The summed E-state index contributed by atoms with van der Waals surface area (Å²) in [6, 6.07) is 6.61. The molecule has 2 fully saturated rings. The molecule has 1 amide bonds. The fourth-order valence-electron chi connectivity index (χ4n) is 5.38. The third kappa shape index (κ3) is 3.38. The first-order valence-corrected chi connectivity index (χ1v) is 13.2. The van der Waals surface area contributed by atoms with Gasteiger partial charge in [-0.3, -0.25) is 9.59 Å². The Labute approximate surface area is 206 Å². The number of thiophene rings is 2. The first-order valence-electron chi connectivity index (χ1n) is 11.4. The van der Waals surface area contributed by atoms with E-state index in [1.165, 1.54) is 22.7 Å². The van der Waals surface area contributed by atoms with Crippen molar-refractivity contribution in [2.75, 3.05) is 0 Å². The summed E-state index contributed by atoms with van der Waals surface area (Å²) < 4.78 is 5.74. The molecule has 4 unspecified atom stereocenters. The van der Waals surface area contributed by atoms with Crippen LogP contribution in [-0.4, -0.2) is 33.2 Å². The molecule has 178 valence electrons. The number of rotatable bonds is 6. The van der Waals surface area contributed by atoms with E-state index in [-0.39, 0.29) is 23.4 Å². The summed E-state index contributed by atoms with van der Waals surface area (Å²) >= 11 is 2.92. The second-order valence-electron chi connectivity index (χ2n) is 9.59. The fraction of sp³-hybridized carbons (Fsp3) is 0.423. The van der Waals surface area contributed by atoms with E-state index in [4.69, 9.17) is 4.42 Å². The van der Waals surface area contributed by atoms with Gasteiger partial charge >= 0.3 is 5.97 Å². The zero-order valence-electron chi connectivity index (χ0n) is 19.5. The first-order chi connectivity index (χ1) is 16.2. The highest BCUT2D eigenvalue weighted by atomic mass is 32.1. The minimum atomic E-state index is -1.58. The normalized spacial score (nSPS) is 26.7. The van der Waals surface area contributed by atoms with E-state index in [1.54, 1.807) is 30.9 Å². The van der Waals surface area contributed by atoms with Crippen LogP contribution in [0, 0.1) is 32.6 Å². The lowest BCUT2D eigenvalue weighted by molar-refractivity contribution is -0.158. The van der Waals surface area contributed by atoms with E-state index in [2.05, 4.69) is 0 Å². The van der Waals surface area contributed by atoms with Gasteiger partial charge in [0.25, 0.3) is 0 Å². The van der Waals surface area contributed by atoms with Gasteiger partial charge in [0.15, 0.2) is 5.76 Å². The maximum atomic E-state index is 14.1. The average Bonchev–Trinajstić information content (AvgIpc) is 3.05. The number of carboxylic acid groups (broad SMARTS) is 1. The quantitative estimate of drug-likeness (QED) is 0.438. The summed E-state index contributed by atoms with van der Waals surface area (Å²) in [5, 5.41) is 14.5. The number of carboxylic acids is 1. The van der Waals surface area contributed by atoms with Gasteiger partial charge in [-0.1, -0.05) is 0 Å². The zero-order chi connectivity index (χ0) is 24.4. The van der Waals surface area contributed by atoms with Crippen LogP contribution in [0.1, 0.15) is 68.9 Å². The van der Waals surface area contributed by atoms with Crippen molar-refractivity contribution in [2.24, 2.45) is 11.8 Å². The smallest absolute Gasteiger partial charge is 0.330 e. The van der Waals surface area contributed by atoms with Gasteiger partial charge in [-0.15, -0.1) is 22.7 Å². The number of Topliss-reactive ketones (excluding diaryl/α,β-unsaturated/α-hetero) is 1. The Hall–Kier alpha value is -2.71. The molecule has 1 saturated heterocycles. The number of likely N-dealkylation sites (tertiary alicyclic amines) is 1. The summed E-state index contributed by atoms with van der Waals surface area (Å²) in [4.78, 5) is 44.3. The lowest BCUT2D eigenvalue weighted by atomic mass is 9.75. The van der Waals surface area contributed by atoms with Crippen LogP contribution < -0.4 is 0 Å². The number of nitrogens with zero attached hydrogens (tertiary/aromatic N) is 1. The third-order valence-corrected chi connectivity index (χ3v) is 9.51. The van der Waals surface area contributed by atoms with Crippen molar-refractivity contribution in [2.45, 2.75) is 58.0 Å². The highest BCUT2D eigenvalue weighted by Gasteiger charge is 2.67. The highest BCUT2D eigenvalue weighted by Crippen LogP contribution is 2.60. The Morgan fingerprint density at radius 2 is 1.62 bits per heavy atom. The maximum absolute atomic E-state index is 14.1. The van der Waals surface area contributed by atoms with Gasteiger partial charge in [0.2, 0.25) is 11.7 Å². The minimum Gasteiger partial charge on any atom is -0.479 e. The molecule has 0 radical (unpaired) electrons. The second kappa shape index (κ2) is 8.20. The van der Waals surface area contributed by atoms with Crippen molar-refractivity contribution in [3.63, 3.8) is 0 Å². The summed E-state index contributed by atoms with van der Waals surface area (Å²) in [5.41, 5.74) is 0.296. The Morgan fingerprint density at radius 3 is 2.09 bits per heavy atom. The average molecular weight is 498 g/mol. The van der Waals surface area contributed by atoms with E-state index in [0.29, 0.717) is 5.76 Å². The molecule has 4 heterocycles. The van der Waals surface area contributed by atoms with Gasteiger partial charge < -0.3 is 14.4 Å². The number of carbonyl (C=O) groups is 3. The minimum absolute atomic E-state index is 0.173. The Bertz CT molecular complexity index is 1280. The molecule has 34 heavy (non-hydrogen) atoms. The van der Waals surface area contributed by atoms with Crippen molar-refractivity contribution in [1.82, 2.24) is 4.90 Å². The van der Waals surface area contributed by atoms with Crippen LogP contribution in [0.15, 0.2) is 39.4 Å². The van der Waals surface area contributed by atoms with Crippen LogP contribution in [0.3, 0.4) is 0 Å². The standard InChI is InChI=1S/C26H27NO5S2/c1-13-9-11-33-22(13)19-18(21(28)17-8-5-15(3)32-17)20(23-14(2)10-12-34-23)27(24(29)16-6-7-16)26(19,4)25(30)31/h5,8-12,16,18-20H,6-7H2,1-4H3,(H,30,31). The second-order valence-corrected chi connectivity index (χ2v) is 11.5. The van der Waals surface area contributed by atoms with Crippen LogP contribution in [0.4, 0.5) is 0 Å². The molecule has 3 aromatic rings. The lowest BCUT2D eigenvalue weighted by Gasteiger charge is -2.37. The molecule has 1 aliphatic carbocycles. The lowest BCUT2D eigenvalue weighted by Crippen LogP contribution is -2.54. The molecule has 1 saturated carbocycles. The van der Waals surface area contributed by atoms with Gasteiger partial charge in [-0.2, -0.15) is 0 Å². The Balaban J connectivity index is 1.80. The van der Waals surface area contributed by atoms with Crippen LogP contribution in [0.2, 0.25) is 0 Å².